The molecule has 0 bridgehead atoms. The van der Waals surface area contributed by atoms with Gasteiger partial charge in [0.05, 0.1) is 18.4 Å². The zero-order chi connectivity index (χ0) is 22.8. The maximum absolute atomic E-state index is 12.5. The van der Waals surface area contributed by atoms with Crippen LogP contribution < -0.4 is 20.1 Å². The van der Waals surface area contributed by atoms with Crippen molar-refractivity contribution in [2.45, 2.75) is 0 Å². The minimum Gasteiger partial charge on any atom is -0.490 e. The summed E-state index contributed by atoms with van der Waals surface area (Å²) in [4.78, 5) is 24.2. The van der Waals surface area contributed by atoms with Crippen molar-refractivity contribution >= 4 is 34.9 Å². The van der Waals surface area contributed by atoms with Gasteiger partial charge in [-0.2, -0.15) is 0 Å². The number of nitrogens with one attached hydrogen (secondary N) is 2. The standard InChI is InChI=1S/C24H22N2O5S/c1-29-23(28)18-9-7-8-17(16-18)22(27)26-24(32)25-20-12-5-6-13-21(20)31-15-14-30-19-10-3-2-4-11-19/h2-13,16H,14-15H2,1H3,(H2,25,26,27,32). The van der Waals surface area contributed by atoms with E-state index in [9.17, 15) is 9.59 Å². The molecule has 3 aromatic rings. The molecule has 0 saturated heterocycles. The Hall–Kier alpha value is -3.91. The molecular formula is C24H22N2O5S. The van der Waals surface area contributed by atoms with Crippen molar-refractivity contribution in [3.8, 4) is 11.5 Å². The highest BCUT2D eigenvalue weighted by atomic mass is 32.1. The average Bonchev–Trinajstić information content (AvgIpc) is 2.83. The van der Waals surface area contributed by atoms with Crippen molar-refractivity contribution in [2.75, 3.05) is 25.6 Å². The third-order valence-electron chi connectivity index (χ3n) is 4.26. The molecule has 164 valence electrons. The lowest BCUT2D eigenvalue weighted by molar-refractivity contribution is 0.0600. The van der Waals surface area contributed by atoms with Crippen LogP contribution in [-0.4, -0.2) is 37.3 Å². The largest absolute Gasteiger partial charge is 0.490 e. The van der Waals surface area contributed by atoms with E-state index in [0.29, 0.717) is 24.7 Å². The molecule has 2 N–H and O–H groups in total. The first-order valence-corrected chi connectivity index (χ1v) is 10.2. The van der Waals surface area contributed by atoms with Gasteiger partial charge in [0.15, 0.2) is 5.11 Å². The molecule has 0 unspecified atom stereocenters. The van der Waals surface area contributed by atoms with Gasteiger partial charge in [-0.05, 0) is 54.7 Å². The quantitative estimate of drug-likeness (QED) is 0.304. The van der Waals surface area contributed by atoms with Crippen LogP contribution in [0.1, 0.15) is 20.7 Å². The van der Waals surface area contributed by atoms with Crippen LogP contribution in [0.5, 0.6) is 11.5 Å². The number of esters is 1. The Bertz CT molecular complexity index is 1090. The van der Waals surface area contributed by atoms with Gasteiger partial charge in [-0.1, -0.05) is 36.4 Å². The number of amides is 1. The monoisotopic (exact) mass is 450 g/mol. The third kappa shape index (κ3) is 6.55. The van der Waals surface area contributed by atoms with E-state index >= 15 is 0 Å². The number of thiocarbonyl (C=S) groups is 1. The molecule has 0 spiro atoms. The first-order chi connectivity index (χ1) is 15.6. The first-order valence-electron chi connectivity index (χ1n) is 9.77. The number of methoxy groups -OCH3 is 1. The van der Waals surface area contributed by atoms with Crippen molar-refractivity contribution in [1.82, 2.24) is 5.32 Å². The van der Waals surface area contributed by atoms with Crippen molar-refractivity contribution in [1.29, 1.82) is 0 Å². The van der Waals surface area contributed by atoms with Crippen LogP contribution in [0.25, 0.3) is 0 Å². The van der Waals surface area contributed by atoms with E-state index in [1.165, 1.54) is 13.2 Å². The second-order valence-corrected chi connectivity index (χ2v) is 6.90. The zero-order valence-corrected chi connectivity index (χ0v) is 18.2. The van der Waals surface area contributed by atoms with Crippen molar-refractivity contribution in [2.24, 2.45) is 0 Å². The minimum absolute atomic E-state index is 0.0926. The third-order valence-corrected chi connectivity index (χ3v) is 4.47. The molecule has 0 aromatic heterocycles. The Morgan fingerprint density at radius 3 is 2.31 bits per heavy atom. The fraction of sp³-hybridized carbons (Fsp3) is 0.125. The van der Waals surface area contributed by atoms with E-state index in [1.807, 2.05) is 42.5 Å². The molecule has 1 amide bonds. The first kappa shape index (κ1) is 22.8. The van der Waals surface area contributed by atoms with Gasteiger partial charge < -0.3 is 19.5 Å². The summed E-state index contributed by atoms with van der Waals surface area (Å²) in [6, 6.07) is 22.9. The number of ether oxygens (including phenoxy) is 3. The second-order valence-electron chi connectivity index (χ2n) is 6.49. The van der Waals surface area contributed by atoms with E-state index < -0.39 is 11.9 Å². The molecule has 0 aliphatic rings. The highest BCUT2D eigenvalue weighted by Crippen LogP contribution is 2.23. The second kappa shape index (κ2) is 11.5. The van der Waals surface area contributed by atoms with Crippen LogP contribution in [0.4, 0.5) is 5.69 Å². The smallest absolute Gasteiger partial charge is 0.337 e. The van der Waals surface area contributed by atoms with Crippen LogP contribution in [0.2, 0.25) is 0 Å². The topological polar surface area (TPSA) is 85.9 Å². The SMILES string of the molecule is COC(=O)c1cccc(C(=O)NC(=S)Nc2ccccc2OCCOc2ccccc2)c1. The predicted octanol–water partition coefficient (Wildman–Crippen LogP) is 4.06. The number of hydrogen-bond donors (Lipinski definition) is 2. The molecule has 0 aliphatic heterocycles. The molecular weight excluding hydrogens is 428 g/mol. The summed E-state index contributed by atoms with van der Waals surface area (Å²) in [6.07, 6.45) is 0. The zero-order valence-electron chi connectivity index (χ0n) is 17.4. The van der Waals surface area contributed by atoms with E-state index in [0.717, 1.165) is 5.75 Å². The molecule has 3 rings (SSSR count). The number of para-hydroxylation sites is 3. The number of hydrogen-bond acceptors (Lipinski definition) is 6. The number of rotatable bonds is 8. The van der Waals surface area contributed by atoms with E-state index in [-0.39, 0.29) is 16.2 Å². The van der Waals surface area contributed by atoms with Crippen LogP contribution in [0.3, 0.4) is 0 Å². The average molecular weight is 451 g/mol. The number of carbonyl (C=O) groups excluding carboxylic acids is 2. The highest BCUT2D eigenvalue weighted by molar-refractivity contribution is 7.80. The fourth-order valence-corrected chi connectivity index (χ4v) is 2.96. The van der Waals surface area contributed by atoms with Gasteiger partial charge in [0, 0.05) is 5.56 Å². The Labute approximate surface area is 191 Å². The van der Waals surface area contributed by atoms with Crippen LogP contribution in [-0.2, 0) is 4.74 Å². The molecule has 7 nitrogen and oxygen atoms in total. The van der Waals surface area contributed by atoms with Gasteiger partial charge >= 0.3 is 5.97 Å². The lowest BCUT2D eigenvalue weighted by Gasteiger charge is -2.15. The molecule has 32 heavy (non-hydrogen) atoms. The Kier molecular flexibility index (Phi) is 8.16. The van der Waals surface area contributed by atoms with Gasteiger partial charge in [0.25, 0.3) is 5.91 Å². The summed E-state index contributed by atoms with van der Waals surface area (Å²) in [6.45, 7) is 0.698. The Morgan fingerprint density at radius 1 is 0.844 bits per heavy atom. The summed E-state index contributed by atoms with van der Waals surface area (Å²) in [5.74, 6) is 0.349. The van der Waals surface area contributed by atoms with Crippen LogP contribution in [0.15, 0.2) is 78.9 Å². The minimum atomic E-state index is -0.525. The van der Waals surface area contributed by atoms with Gasteiger partial charge in [0.1, 0.15) is 24.7 Å². The molecule has 0 heterocycles. The predicted molar refractivity (Wildman–Crippen MR) is 125 cm³/mol. The summed E-state index contributed by atoms with van der Waals surface area (Å²) in [5.41, 5.74) is 1.15. The Balaban J connectivity index is 1.55. The van der Waals surface area contributed by atoms with Crippen LogP contribution >= 0.6 is 12.2 Å². The maximum Gasteiger partial charge on any atom is 0.337 e. The fourth-order valence-electron chi connectivity index (χ4n) is 2.76. The lowest BCUT2D eigenvalue weighted by atomic mass is 10.1. The highest BCUT2D eigenvalue weighted by Gasteiger charge is 2.13. The molecule has 0 fully saturated rings. The van der Waals surface area contributed by atoms with E-state index in [1.54, 1.807) is 30.3 Å². The summed E-state index contributed by atoms with van der Waals surface area (Å²) in [5, 5.41) is 5.65. The molecule has 0 saturated carbocycles. The normalized spacial score (nSPS) is 10.0. The van der Waals surface area contributed by atoms with Gasteiger partial charge in [0.2, 0.25) is 0 Å². The summed E-state index contributed by atoms with van der Waals surface area (Å²) < 4.78 is 16.1. The molecule has 0 radical (unpaired) electrons. The van der Waals surface area contributed by atoms with Gasteiger partial charge in [-0.25, -0.2) is 4.79 Å². The summed E-state index contributed by atoms with van der Waals surface area (Å²) in [7, 11) is 1.28. The van der Waals surface area contributed by atoms with Gasteiger partial charge in [-0.3, -0.25) is 10.1 Å². The number of anilines is 1. The van der Waals surface area contributed by atoms with E-state index in [2.05, 4.69) is 15.4 Å². The maximum atomic E-state index is 12.5. The van der Waals surface area contributed by atoms with Crippen molar-refractivity contribution in [3.63, 3.8) is 0 Å². The summed E-state index contributed by atoms with van der Waals surface area (Å²) >= 11 is 5.26. The Morgan fingerprint density at radius 2 is 1.53 bits per heavy atom. The molecule has 0 aliphatic carbocycles. The van der Waals surface area contributed by atoms with Crippen molar-refractivity contribution in [3.05, 3.63) is 90.0 Å². The number of carbonyl (C=O) groups is 2. The molecule has 8 heteroatoms. The number of benzene rings is 3. The molecule has 3 aromatic carbocycles. The van der Waals surface area contributed by atoms with E-state index in [4.69, 9.17) is 21.7 Å². The lowest BCUT2D eigenvalue weighted by Crippen LogP contribution is -2.34. The van der Waals surface area contributed by atoms with Crippen molar-refractivity contribution < 1.29 is 23.8 Å². The van der Waals surface area contributed by atoms with Crippen LogP contribution in [0, 0.1) is 0 Å². The van der Waals surface area contributed by atoms with Gasteiger partial charge in [-0.15, -0.1) is 0 Å². The molecule has 0 atom stereocenters.